The van der Waals surface area contributed by atoms with E-state index in [1.807, 2.05) is 50.2 Å². The van der Waals surface area contributed by atoms with Crippen LogP contribution < -0.4 is 19.8 Å². The van der Waals surface area contributed by atoms with Gasteiger partial charge in [0, 0.05) is 36.0 Å². The number of hydrogen-bond donors (Lipinski definition) is 1. The average Bonchev–Trinajstić information content (AvgIpc) is 3.29. The number of benzene rings is 3. The van der Waals surface area contributed by atoms with Gasteiger partial charge in [-0.3, -0.25) is 9.36 Å². The fourth-order valence-corrected chi connectivity index (χ4v) is 5.97. The summed E-state index contributed by atoms with van der Waals surface area (Å²) in [6.07, 6.45) is 1.63. The zero-order valence-electron chi connectivity index (χ0n) is 23.0. The Morgan fingerprint density at radius 1 is 1.07 bits per heavy atom. The van der Waals surface area contributed by atoms with Gasteiger partial charge in [-0.25, -0.2) is 14.2 Å². The fraction of sp³-hybridized carbons (Fsp3) is 0.219. The predicted molar refractivity (Wildman–Crippen MR) is 159 cm³/mol. The minimum atomic E-state index is -0.901. The Kier molecular flexibility index (Phi) is 8.16. The van der Waals surface area contributed by atoms with Crippen molar-refractivity contribution in [3.63, 3.8) is 0 Å². The van der Waals surface area contributed by atoms with Gasteiger partial charge in [-0.15, -0.1) is 0 Å². The van der Waals surface area contributed by atoms with E-state index < -0.39 is 17.8 Å². The van der Waals surface area contributed by atoms with E-state index in [-0.39, 0.29) is 23.5 Å². The summed E-state index contributed by atoms with van der Waals surface area (Å²) in [5.41, 5.74) is 2.78. The lowest BCUT2D eigenvalue weighted by atomic mass is 9.93. The molecule has 5 rings (SSSR count). The Balaban J connectivity index is 1.76. The van der Waals surface area contributed by atoms with E-state index in [0.717, 1.165) is 30.1 Å². The third-order valence-electron chi connectivity index (χ3n) is 6.99. The number of nitrogens with zero attached hydrogens (tertiary/aromatic N) is 3. The summed E-state index contributed by atoms with van der Waals surface area (Å²) in [5.74, 6) is -0.995. The molecule has 1 aromatic heterocycles. The molecule has 0 amide bonds. The summed E-state index contributed by atoms with van der Waals surface area (Å²) in [6.45, 7) is 7.52. The molecule has 0 fully saturated rings. The Morgan fingerprint density at radius 2 is 1.78 bits per heavy atom. The van der Waals surface area contributed by atoms with Gasteiger partial charge < -0.3 is 14.7 Å². The molecule has 0 unspecified atom stereocenters. The van der Waals surface area contributed by atoms with Crippen LogP contribution in [-0.2, 0) is 9.53 Å². The van der Waals surface area contributed by atoms with Gasteiger partial charge >= 0.3 is 5.97 Å². The van der Waals surface area contributed by atoms with Gasteiger partial charge in [0.1, 0.15) is 11.6 Å². The quantitative estimate of drug-likeness (QED) is 0.312. The van der Waals surface area contributed by atoms with Crippen LogP contribution in [0.25, 0.3) is 11.8 Å². The number of esters is 1. The van der Waals surface area contributed by atoms with Crippen LogP contribution in [-0.4, -0.2) is 35.3 Å². The van der Waals surface area contributed by atoms with Gasteiger partial charge in [-0.2, -0.15) is 0 Å². The van der Waals surface area contributed by atoms with Crippen molar-refractivity contribution in [1.29, 1.82) is 0 Å². The zero-order valence-corrected chi connectivity index (χ0v) is 23.8. The van der Waals surface area contributed by atoms with Crippen LogP contribution in [0.4, 0.5) is 10.1 Å². The topological polar surface area (TPSA) is 84.1 Å². The van der Waals surface area contributed by atoms with Crippen LogP contribution in [0.1, 0.15) is 43.5 Å². The Hall–Kier alpha value is -4.50. The van der Waals surface area contributed by atoms with Gasteiger partial charge in [-0.1, -0.05) is 53.8 Å². The highest BCUT2D eigenvalue weighted by atomic mass is 32.1. The zero-order chi connectivity index (χ0) is 29.1. The van der Waals surface area contributed by atoms with Crippen LogP contribution in [0.5, 0.6) is 5.75 Å². The van der Waals surface area contributed by atoms with E-state index in [2.05, 4.69) is 4.90 Å². The van der Waals surface area contributed by atoms with Crippen LogP contribution >= 0.6 is 11.3 Å². The second-order valence-corrected chi connectivity index (χ2v) is 10.4. The van der Waals surface area contributed by atoms with Crippen molar-refractivity contribution in [3.8, 4) is 5.75 Å². The molecule has 4 aromatic rings. The molecule has 7 nitrogen and oxygen atoms in total. The van der Waals surface area contributed by atoms with Crippen molar-refractivity contribution in [2.24, 2.45) is 4.99 Å². The first-order valence-electron chi connectivity index (χ1n) is 13.5. The SMILES string of the molecule is CCOC(=O)C1=C(c2ccccc2)N=c2s/c(=C\c3ccc(N(CC)CC)cc3O)c(=O)n2[C@@H]1c1ccc(F)cc1. The molecule has 1 aliphatic rings. The van der Waals surface area contributed by atoms with Crippen LogP contribution in [0.2, 0.25) is 0 Å². The molecule has 0 saturated heterocycles. The van der Waals surface area contributed by atoms with Gasteiger partial charge in [0.2, 0.25) is 0 Å². The fourth-order valence-electron chi connectivity index (χ4n) is 4.98. The number of ether oxygens (including phenoxy) is 1. The largest absolute Gasteiger partial charge is 0.507 e. The van der Waals surface area contributed by atoms with Gasteiger partial charge in [-0.05, 0) is 56.7 Å². The van der Waals surface area contributed by atoms with Crippen molar-refractivity contribution < 1.29 is 19.0 Å². The maximum absolute atomic E-state index is 14.0. The molecule has 0 bridgehead atoms. The van der Waals surface area contributed by atoms with Gasteiger partial charge in [0.05, 0.1) is 28.5 Å². The molecule has 9 heteroatoms. The van der Waals surface area contributed by atoms with Gasteiger partial charge in [0.25, 0.3) is 5.56 Å². The number of aromatic hydroxyl groups is 1. The van der Waals surface area contributed by atoms with Crippen molar-refractivity contribution in [2.75, 3.05) is 24.6 Å². The lowest BCUT2D eigenvalue weighted by molar-refractivity contribution is -0.138. The molecule has 2 heterocycles. The number of carbonyl (C=O) groups is 1. The summed E-state index contributed by atoms with van der Waals surface area (Å²) in [6, 6.07) is 19.4. The van der Waals surface area contributed by atoms with Gasteiger partial charge in [0.15, 0.2) is 4.80 Å². The molecule has 1 aliphatic heterocycles. The highest BCUT2D eigenvalue weighted by Crippen LogP contribution is 2.35. The van der Waals surface area contributed by atoms with Crippen LogP contribution in [0, 0.1) is 5.82 Å². The van der Waals surface area contributed by atoms with Crippen molar-refractivity contribution >= 4 is 34.8 Å². The smallest absolute Gasteiger partial charge is 0.338 e. The van der Waals surface area contributed by atoms with E-state index in [1.54, 1.807) is 37.3 Å². The maximum Gasteiger partial charge on any atom is 0.338 e. The molecular weight excluding hydrogens is 541 g/mol. The standard InChI is InChI=1S/C32H30FN3O4S/c1-4-35(5-2)24-17-14-22(25(37)19-24)18-26-30(38)36-29(21-12-15-23(33)16-13-21)27(31(39)40-6-3)28(34-32(36)41-26)20-10-8-7-9-11-20/h7-19,29,37H,4-6H2,1-3H3/b26-18-/t29-/m1/s1. The monoisotopic (exact) mass is 571 g/mol. The summed E-state index contributed by atoms with van der Waals surface area (Å²) in [7, 11) is 0. The normalized spacial score (nSPS) is 14.9. The number of phenols is 1. The number of phenolic OH excluding ortho intramolecular Hbond substituents is 1. The first kappa shape index (κ1) is 28.0. The number of carbonyl (C=O) groups excluding carboxylic acids is 1. The van der Waals surface area contributed by atoms with E-state index in [4.69, 9.17) is 9.73 Å². The molecule has 0 radical (unpaired) electrons. The molecule has 0 aliphatic carbocycles. The predicted octanol–water partition coefficient (Wildman–Crippen LogP) is 4.63. The Bertz CT molecular complexity index is 1790. The third kappa shape index (κ3) is 5.45. The highest BCUT2D eigenvalue weighted by molar-refractivity contribution is 7.07. The number of fused-ring (bicyclic) bond motifs is 1. The van der Waals surface area contributed by atoms with Crippen LogP contribution in [0.15, 0.2) is 88.2 Å². The summed E-state index contributed by atoms with van der Waals surface area (Å²) >= 11 is 1.16. The minimum absolute atomic E-state index is 0.0486. The minimum Gasteiger partial charge on any atom is -0.507 e. The van der Waals surface area contributed by atoms with Crippen molar-refractivity contribution in [1.82, 2.24) is 4.57 Å². The molecular formula is C32H30FN3O4S. The molecule has 3 aromatic carbocycles. The summed E-state index contributed by atoms with van der Waals surface area (Å²) in [4.78, 5) is 34.7. The highest BCUT2D eigenvalue weighted by Gasteiger charge is 2.35. The Labute approximate surface area is 240 Å². The lowest BCUT2D eigenvalue weighted by Gasteiger charge is -2.25. The molecule has 1 atom stereocenters. The molecule has 0 spiro atoms. The average molecular weight is 572 g/mol. The molecule has 210 valence electrons. The van der Waals surface area contributed by atoms with E-state index >= 15 is 0 Å². The lowest BCUT2D eigenvalue weighted by Crippen LogP contribution is -2.40. The second kappa shape index (κ2) is 11.9. The van der Waals surface area contributed by atoms with E-state index in [0.29, 0.717) is 31.7 Å². The Morgan fingerprint density at radius 3 is 2.41 bits per heavy atom. The maximum atomic E-state index is 14.0. The number of halogens is 1. The van der Waals surface area contributed by atoms with E-state index in [9.17, 15) is 19.1 Å². The van der Waals surface area contributed by atoms with Crippen molar-refractivity contribution in [2.45, 2.75) is 26.8 Å². The number of thiazole rings is 1. The molecule has 0 saturated carbocycles. The number of rotatable bonds is 8. The number of aromatic nitrogens is 1. The molecule has 1 N–H and O–H groups in total. The first-order valence-corrected chi connectivity index (χ1v) is 14.3. The first-order chi connectivity index (χ1) is 19.9. The summed E-state index contributed by atoms with van der Waals surface area (Å²) in [5, 5.41) is 10.8. The van der Waals surface area contributed by atoms with E-state index in [1.165, 1.54) is 16.7 Å². The molecule has 41 heavy (non-hydrogen) atoms. The van der Waals surface area contributed by atoms with Crippen molar-refractivity contribution in [3.05, 3.63) is 121 Å². The number of anilines is 1. The third-order valence-corrected chi connectivity index (χ3v) is 7.97. The van der Waals surface area contributed by atoms with Crippen LogP contribution in [0.3, 0.4) is 0 Å². The second-order valence-electron chi connectivity index (χ2n) is 9.40. The number of hydrogen-bond acceptors (Lipinski definition) is 7. The summed E-state index contributed by atoms with van der Waals surface area (Å²) < 4.78 is 21.2.